The molecule has 0 saturated carbocycles. The van der Waals surface area contributed by atoms with Crippen molar-refractivity contribution in [2.45, 2.75) is 0 Å². The van der Waals surface area contributed by atoms with E-state index in [0.717, 1.165) is 16.7 Å². The third-order valence-electron chi connectivity index (χ3n) is 2.44. The smallest absolute Gasteiger partial charge is 0.266 e. The van der Waals surface area contributed by atoms with Crippen molar-refractivity contribution in [3.8, 4) is 0 Å². The minimum Gasteiger partial charge on any atom is -0.548 e. The molecule has 0 bridgehead atoms. The molecule has 4 nitrogen and oxygen atoms in total. The zero-order chi connectivity index (χ0) is 14.9. The van der Waals surface area contributed by atoms with Gasteiger partial charge in [-0.1, -0.05) is 41.6 Å². The lowest BCUT2D eigenvalue weighted by atomic mass is 10.2. The van der Waals surface area contributed by atoms with Crippen molar-refractivity contribution in [3.63, 3.8) is 0 Å². The lowest BCUT2D eigenvalue weighted by Gasteiger charge is -2.14. The average molecular weight is 331 g/mol. The summed E-state index contributed by atoms with van der Waals surface area (Å²) in [5.41, 5.74) is 0.0584. The fraction of sp³-hybridized carbons (Fsp3) is 0.0833. The molecule has 0 atom stereocenters. The number of rotatable bonds is 3. The Hall–Kier alpha value is -1.44. The number of carboxylic acids is 1. The Morgan fingerprint density at radius 1 is 1.55 bits per heavy atom. The number of thioether (sulfide) groups is 1. The van der Waals surface area contributed by atoms with Gasteiger partial charge in [0.2, 0.25) is 0 Å². The average Bonchev–Trinajstić information content (AvgIpc) is 2.61. The summed E-state index contributed by atoms with van der Waals surface area (Å²) in [6.07, 6.45) is 1.26. The van der Waals surface area contributed by atoms with E-state index in [9.17, 15) is 19.1 Å². The van der Waals surface area contributed by atoms with Gasteiger partial charge in [-0.05, 0) is 18.2 Å². The number of carbonyl (C=O) groups excluding carboxylic acids is 2. The Labute approximate surface area is 128 Å². The van der Waals surface area contributed by atoms with Gasteiger partial charge >= 0.3 is 0 Å². The highest BCUT2D eigenvalue weighted by Crippen LogP contribution is 2.34. The largest absolute Gasteiger partial charge is 0.548 e. The fourth-order valence-electron chi connectivity index (χ4n) is 1.55. The van der Waals surface area contributed by atoms with E-state index in [4.69, 9.17) is 23.8 Å². The quantitative estimate of drug-likeness (QED) is 0.620. The maximum absolute atomic E-state index is 13.6. The van der Waals surface area contributed by atoms with Crippen molar-refractivity contribution in [3.05, 3.63) is 39.5 Å². The molecule has 1 aromatic carbocycles. The van der Waals surface area contributed by atoms with Crippen molar-refractivity contribution in [1.29, 1.82) is 0 Å². The Morgan fingerprint density at radius 3 is 2.85 bits per heavy atom. The molecule has 0 N–H and O–H groups in total. The molecule has 20 heavy (non-hydrogen) atoms. The van der Waals surface area contributed by atoms with E-state index in [1.807, 2.05) is 0 Å². The van der Waals surface area contributed by atoms with E-state index >= 15 is 0 Å². The first-order valence-electron chi connectivity index (χ1n) is 5.29. The van der Waals surface area contributed by atoms with E-state index in [-0.39, 0.29) is 19.8 Å². The molecule has 0 unspecified atom stereocenters. The van der Waals surface area contributed by atoms with Crippen LogP contribution in [0, 0.1) is 5.82 Å². The molecular formula is C12H6ClFNO3S2-. The number of halogens is 2. The molecule has 0 aliphatic carbocycles. The number of benzene rings is 1. The fourth-order valence-corrected chi connectivity index (χ4v) is 3.00. The third kappa shape index (κ3) is 3.00. The van der Waals surface area contributed by atoms with Gasteiger partial charge in [0.15, 0.2) is 0 Å². The van der Waals surface area contributed by atoms with Gasteiger partial charge < -0.3 is 9.90 Å². The Balaban J connectivity index is 2.35. The first-order chi connectivity index (χ1) is 9.40. The van der Waals surface area contributed by atoms with Crippen molar-refractivity contribution in [1.82, 2.24) is 4.90 Å². The molecule has 2 rings (SSSR count). The molecule has 1 heterocycles. The summed E-state index contributed by atoms with van der Waals surface area (Å²) in [5, 5.41) is 10.7. The van der Waals surface area contributed by atoms with Crippen molar-refractivity contribution in [2.24, 2.45) is 0 Å². The molecular weight excluding hydrogens is 325 g/mol. The minimum atomic E-state index is -1.42. The standard InChI is InChI=1S/C12H7ClFNO3S2/c13-7-2-1-3-8(14)6(7)4-9-11(18)15(5-10(16)17)12(19)20-9/h1-4H,5H2,(H,16,17)/p-1. The van der Waals surface area contributed by atoms with Gasteiger partial charge in [-0.3, -0.25) is 9.69 Å². The first-order valence-corrected chi connectivity index (χ1v) is 6.89. The van der Waals surface area contributed by atoms with Crippen LogP contribution in [0.4, 0.5) is 4.39 Å². The second-order valence-electron chi connectivity index (χ2n) is 3.78. The van der Waals surface area contributed by atoms with Gasteiger partial charge in [-0.25, -0.2) is 4.39 Å². The maximum atomic E-state index is 13.6. The van der Waals surface area contributed by atoms with E-state index < -0.39 is 24.2 Å². The molecule has 1 fully saturated rings. The van der Waals surface area contributed by atoms with E-state index in [1.54, 1.807) is 0 Å². The van der Waals surface area contributed by atoms with Crippen LogP contribution in [0.25, 0.3) is 6.08 Å². The van der Waals surface area contributed by atoms with E-state index in [0.29, 0.717) is 0 Å². The number of carboxylic acid groups (broad SMARTS) is 1. The predicted molar refractivity (Wildman–Crippen MR) is 76.3 cm³/mol. The van der Waals surface area contributed by atoms with Crippen LogP contribution in [0.3, 0.4) is 0 Å². The molecule has 104 valence electrons. The van der Waals surface area contributed by atoms with Crippen molar-refractivity contribution >= 4 is 57.9 Å². The second-order valence-corrected chi connectivity index (χ2v) is 5.86. The third-order valence-corrected chi connectivity index (χ3v) is 4.14. The number of aliphatic carboxylic acids is 1. The molecule has 1 saturated heterocycles. The van der Waals surface area contributed by atoms with Crippen LogP contribution in [-0.4, -0.2) is 27.6 Å². The van der Waals surface area contributed by atoms with Gasteiger partial charge in [0.05, 0.1) is 22.4 Å². The highest BCUT2D eigenvalue weighted by Gasteiger charge is 2.32. The minimum absolute atomic E-state index is 0.0584. The predicted octanol–water partition coefficient (Wildman–Crippen LogP) is 1.43. The van der Waals surface area contributed by atoms with E-state index in [1.165, 1.54) is 24.3 Å². The normalized spacial score (nSPS) is 17.1. The summed E-state index contributed by atoms with van der Waals surface area (Å²) in [6, 6.07) is 4.13. The maximum Gasteiger partial charge on any atom is 0.266 e. The zero-order valence-electron chi connectivity index (χ0n) is 9.76. The number of amides is 1. The van der Waals surface area contributed by atoms with Gasteiger partial charge in [0.25, 0.3) is 5.91 Å². The summed E-state index contributed by atoms with van der Waals surface area (Å²) in [4.78, 5) is 23.5. The van der Waals surface area contributed by atoms with Gasteiger partial charge in [-0.15, -0.1) is 0 Å². The Bertz CT molecular complexity index is 627. The molecule has 0 aromatic heterocycles. The van der Waals surface area contributed by atoms with Crippen LogP contribution in [0.2, 0.25) is 5.02 Å². The summed E-state index contributed by atoms with van der Waals surface area (Å²) in [5.74, 6) is -2.61. The Kier molecular flexibility index (Phi) is 4.42. The van der Waals surface area contributed by atoms with E-state index in [2.05, 4.69) is 0 Å². The molecule has 1 aromatic rings. The van der Waals surface area contributed by atoms with Crippen LogP contribution in [0.5, 0.6) is 0 Å². The summed E-state index contributed by atoms with van der Waals surface area (Å²) in [7, 11) is 0. The van der Waals surface area contributed by atoms with Crippen LogP contribution < -0.4 is 5.11 Å². The highest BCUT2D eigenvalue weighted by molar-refractivity contribution is 8.26. The highest BCUT2D eigenvalue weighted by atomic mass is 35.5. The number of nitrogens with zero attached hydrogens (tertiary/aromatic N) is 1. The van der Waals surface area contributed by atoms with Crippen LogP contribution in [0.15, 0.2) is 23.1 Å². The Morgan fingerprint density at radius 2 is 2.25 bits per heavy atom. The molecule has 0 spiro atoms. The van der Waals surface area contributed by atoms with Gasteiger partial charge in [0, 0.05) is 5.56 Å². The molecule has 1 aliphatic heterocycles. The first kappa shape index (κ1) is 15.0. The van der Waals surface area contributed by atoms with Crippen molar-refractivity contribution in [2.75, 3.05) is 6.54 Å². The van der Waals surface area contributed by atoms with Gasteiger partial charge in [0.1, 0.15) is 10.1 Å². The molecule has 0 radical (unpaired) electrons. The SMILES string of the molecule is O=C([O-])CN1C(=O)C(=Cc2c(F)cccc2Cl)SC1=S. The number of carbonyl (C=O) groups is 2. The van der Waals surface area contributed by atoms with Crippen LogP contribution in [-0.2, 0) is 9.59 Å². The molecule has 1 amide bonds. The monoisotopic (exact) mass is 330 g/mol. The zero-order valence-corrected chi connectivity index (χ0v) is 12.1. The second kappa shape index (κ2) is 5.90. The van der Waals surface area contributed by atoms with Crippen LogP contribution >= 0.6 is 35.6 Å². The van der Waals surface area contributed by atoms with Crippen molar-refractivity contribution < 1.29 is 19.1 Å². The summed E-state index contributed by atoms with van der Waals surface area (Å²) < 4.78 is 13.7. The number of thiocarbonyl (C=S) groups is 1. The number of hydrogen-bond donors (Lipinski definition) is 0. The molecule has 8 heteroatoms. The lowest BCUT2D eigenvalue weighted by molar-refractivity contribution is -0.305. The molecule has 1 aliphatic rings. The summed E-state index contributed by atoms with van der Waals surface area (Å²) >= 11 is 11.6. The topological polar surface area (TPSA) is 60.4 Å². The van der Waals surface area contributed by atoms with Crippen LogP contribution in [0.1, 0.15) is 5.56 Å². The number of hydrogen-bond acceptors (Lipinski definition) is 5. The summed E-state index contributed by atoms with van der Waals surface area (Å²) in [6.45, 7) is -0.632. The lowest BCUT2D eigenvalue weighted by Crippen LogP contribution is -2.40. The van der Waals surface area contributed by atoms with Gasteiger partial charge in [-0.2, -0.15) is 0 Å².